The Morgan fingerprint density at radius 2 is 2.21 bits per heavy atom. The van der Waals surface area contributed by atoms with Crippen molar-refractivity contribution in [1.82, 2.24) is 4.90 Å². The van der Waals surface area contributed by atoms with Crippen molar-refractivity contribution in [2.24, 2.45) is 11.7 Å². The van der Waals surface area contributed by atoms with Gasteiger partial charge in [0.2, 0.25) is 5.91 Å². The quantitative estimate of drug-likeness (QED) is 0.760. The summed E-state index contributed by atoms with van der Waals surface area (Å²) in [5.74, 6) is 0.194. The number of fused-ring (bicyclic) bond motifs is 1. The lowest BCUT2D eigenvalue weighted by molar-refractivity contribution is -0.135. The fourth-order valence-corrected chi connectivity index (χ4v) is 2.83. The molecule has 3 N–H and O–H groups in total. The second-order valence-corrected chi connectivity index (χ2v) is 5.94. The Bertz CT molecular complexity index is 340. The standard InChI is InChI=1S/C13H23FN2O3/c1-7(2)3-4-9(15)13(18)16-5-8(14)12-11(16)10(17)6-19-12/h7-12,17H,3-6,15H2,1-2H3/t8-,9?,10?,11+,12+/m0/s1. The van der Waals surface area contributed by atoms with E-state index in [-0.39, 0.29) is 19.1 Å². The molecule has 2 unspecified atom stereocenters. The van der Waals surface area contributed by atoms with E-state index >= 15 is 0 Å². The van der Waals surface area contributed by atoms with Gasteiger partial charge in [0.05, 0.1) is 25.2 Å². The number of ether oxygens (including phenoxy) is 1. The molecule has 2 aliphatic rings. The number of aliphatic hydroxyl groups is 1. The molecule has 0 spiro atoms. The van der Waals surface area contributed by atoms with Gasteiger partial charge >= 0.3 is 0 Å². The number of carbonyl (C=O) groups excluding carboxylic acids is 1. The minimum Gasteiger partial charge on any atom is -0.388 e. The summed E-state index contributed by atoms with van der Waals surface area (Å²) in [7, 11) is 0. The maximum atomic E-state index is 13.8. The molecule has 6 heteroatoms. The van der Waals surface area contributed by atoms with E-state index in [0.29, 0.717) is 12.3 Å². The minimum atomic E-state index is -1.23. The Morgan fingerprint density at radius 3 is 2.84 bits per heavy atom. The van der Waals surface area contributed by atoms with E-state index in [0.717, 1.165) is 6.42 Å². The summed E-state index contributed by atoms with van der Waals surface area (Å²) in [5.41, 5.74) is 5.88. The smallest absolute Gasteiger partial charge is 0.240 e. The molecule has 1 amide bonds. The molecule has 5 nitrogen and oxygen atoms in total. The molecule has 0 radical (unpaired) electrons. The van der Waals surface area contributed by atoms with Crippen LogP contribution in [0, 0.1) is 5.92 Å². The van der Waals surface area contributed by atoms with Gasteiger partial charge in [0.1, 0.15) is 18.4 Å². The van der Waals surface area contributed by atoms with Crippen LogP contribution >= 0.6 is 0 Å². The zero-order valence-electron chi connectivity index (χ0n) is 11.5. The first-order valence-electron chi connectivity index (χ1n) is 6.91. The predicted molar refractivity (Wildman–Crippen MR) is 68.2 cm³/mol. The highest BCUT2D eigenvalue weighted by Gasteiger charge is 2.53. The minimum absolute atomic E-state index is 0.0272. The van der Waals surface area contributed by atoms with Gasteiger partial charge in [-0.3, -0.25) is 4.79 Å². The van der Waals surface area contributed by atoms with Crippen molar-refractivity contribution in [3.63, 3.8) is 0 Å². The van der Waals surface area contributed by atoms with Crippen LogP contribution in [-0.4, -0.2) is 59.5 Å². The van der Waals surface area contributed by atoms with E-state index in [1.807, 2.05) is 0 Å². The third-order valence-electron chi connectivity index (χ3n) is 3.93. The molecule has 0 bridgehead atoms. The van der Waals surface area contributed by atoms with Gasteiger partial charge in [-0.25, -0.2) is 4.39 Å². The first kappa shape index (κ1) is 14.7. The highest BCUT2D eigenvalue weighted by molar-refractivity contribution is 5.82. The SMILES string of the molecule is CC(C)CCC(N)C(=O)N1C[C@H](F)[C@H]2OCC(O)[C@H]21. The van der Waals surface area contributed by atoms with Crippen molar-refractivity contribution in [1.29, 1.82) is 0 Å². The highest BCUT2D eigenvalue weighted by Crippen LogP contribution is 2.32. The third-order valence-corrected chi connectivity index (χ3v) is 3.93. The molecule has 5 atom stereocenters. The number of alkyl halides is 1. The van der Waals surface area contributed by atoms with Gasteiger partial charge in [-0.2, -0.15) is 0 Å². The largest absolute Gasteiger partial charge is 0.388 e. The molecule has 0 aromatic carbocycles. The Morgan fingerprint density at radius 1 is 1.53 bits per heavy atom. The number of likely N-dealkylation sites (tertiary alicyclic amines) is 1. The number of nitrogens with two attached hydrogens (primary N) is 1. The number of rotatable bonds is 4. The number of nitrogens with zero attached hydrogens (tertiary/aromatic N) is 1. The van der Waals surface area contributed by atoms with Crippen LogP contribution in [0.4, 0.5) is 4.39 Å². The van der Waals surface area contributed by atoms with E-state index in [4.69, 9.17) is 10.5 Å². The Hall–Kier alpha value is -0.720. The van der Waals surface area contributed by atoms with E-state index in [2.05, 4.69) is 13.8 Å². The molecule has 2 fully saturated rings. The van der Waals surface area contributed by atoms with Crippen molar-refractivity contribution >= 4 is 5.91 Å². The molecule has 19 heavy (non-hydrogen) atoms. The lowest BCUT2D eigenvalue weighted by Crippen LogP contribution is -2.50. The predicted octanol–water partition coefficient (Wildman–Crippen LogP) is 0.0585. The van der Waals surface area contributed by atoms with E-state index in [9.17, 15) is 14.3 Å². The zero-order chi connectivity index (χ0) is 14.2. The van der Waals surface area contributed by atoms with Crippen LogP contribution in [0.2, 0.25) is 0 Å². The van der Waals surface area contributed by atoms with Crippen molar-refractivity contribution in [3.05, 3.63) is 0 Å². The molecule has 2 aliphatic heterocycles. The first-order chi connectivity index (χ1) is 8.91. The van der Waals surface area contributed by atoms with Crippen LogP contribution in [0.1, 0.15) is 26.7 Å². The van der Waals surface area contributed by atoms with Gasteiger partial charge in [-0.15, -0.1) is 0 Å². The summed E-state index contributed by atoms with van der Waals surface area (Å²) < 4.78 is 19.0. The normalized spacial score (nSPS) is 35.8. The molecule has 2 saturated heterocycles. The number of aliphatic hydroxyl groups excluding tert-OH is 1. The maximum Gasteiger partial charge on any atom is 0.240 e. The molecule has 0 aromatic rings. The van der Waals surface area contributed by atoms with E-state index in [1.54, 1.807) is 0 Å². The first-order valence-corrected chi connectivity index (χ1v) is 6.91. The van der Waals surface area contributed by atoms with Crippen molar-refractivity contribution in [3.8, 4) is 0 Å². The van der Waals surface area contributed by atoms with Gasteiger partial charge < -0.3 is 20.5 Å². The Balaban J connectivity index is 1.98. The van der Waals surface area contributed by atoms with Gasteiger partial charge in [0.25, 0.3) is 0 Å². The van der Waals surface area contributed by atoms with Crippen LogP contribution < -0.4 is 5.73 Å². The van der Waals surface area contributed by atoms with Crippen molar-refractivity contribution in [2.45, 2.75) is 57.2 Å². The Labute approximate surface area is 112 Å². The number of amides is 1. The number of hydrogen-bond acceptors (Lipinski definition) is 4. The fourth-order valence-electron chi connectivity index (χ4n) is 2.83. The number of hydrogen-bond donors (Lipinski definition) is 2. The van der Waals surface area contributed by atoms with Crippen LogP contribution in [0.15, 0.2) is 0 Å². The second-order valence-electron chi connectivity index (χ2n) is 5.94. The summed E-state index contributed by atoms with van der Waals surface area (Å²) in [6, 6.07) is -1.20. The maximum absolute atomic E-state index is 13.8. The van der Waals surface area contributed by atoms with Crippen LogP contribution in [0.25, 0.3) is 0 Å². The van der Waals surface area contributed by atoms with Crippen LogP contribution in [0.3, 0.4) is 0 Å². The van der Waals surface area contributed by atoms with Gasteiger partial charge in [-0.05, 0) is 18.8 Å². The number of carbonyl (C=O) groups is 1. The molecule has 0 aromatic heterocycles. The summed E-state index contributed by atoms with van der Waals surface area (Å²) in [6.45, 7) is 4.19. The average Bonchev–Trinajstić information content (AvgIpc) is 2.88. The molecule has 2 rings (SSSR count). The summed E-state index contributed by atoms with van der Waals surface area (Å²) in [6.07, 6.45) is -1.31. The lowest BCUT2D eigenvalue weighted by Gasteiger charge is -2.27. The Kier molecular flexibility index (Phi) is 4.43. The second kappa shape index (κ2) is 5.73. The molecular weight excluding hydrogens is 251 g/mol. The topological polar surface area (TPSA) is 75.8 Å². The van der Waals surface area contributed by atoms with Crippen molar-refractivity contribution in [2.75, 3.05) is 13.2 Å². The van der Waals surface area contributed by atoms with Crippen LogP contribution in [0.5, 0.6) is 0 Å². The molecule has 0 aliphatic carbocycles. The third kappa shape index (κ3) is 2.90. The number of halogens is 1. The molecule has 110 valence electrons. The average molecular weight is 274 g/mol. The van der Waals surface area contributed by atoms with Gasteiger partial charge in [0, 0.05) is 0 Å². The molecular formula is C13H23FN2O3. The monoisotopic (exact) mass is 274 g/mol. The lowest BCUT2D eigenvalue weighted by atomic mass is 10.0. The van der Waals surface area contributed by atoms with E-state index < -0.39 is 30.5 Å². The van der Waals surface area contributed by atoms with Crippen LogP contribution in [-0.2, 0) is 9.53 Å². The fraction of sp³-hybridized carbons (Fsp3) is 0.923. The molecule has 2 heterocycles. The van der Waals surface area contributed by atoms with Gasteiger partial charge in [-0.1, -0.05) is 13.8 Å². The molecule has 0 saturated carbocycles. The summed E-state index contributed by atoms with van der Waals surface area (Å²) >= 11 is 0. The highest BCUT2D eigenvalue weighted by atomic mass is 19.1. The summed E-state index contributed by atoms with van der Waals surface area (Å²) in [5, 5.41) is 9.81. The van der Waals surface area contributed by atoms with E-state index in [1.165, 1.54) is 4.90 Å². The summed E-state index contributed by atoms with van der Waals surface area (Å²) in [4.78, 5) is 13.6. The zero-order valence-corrected chi connectivity index (χ0v) is 11.5. The van der Waals surface area contributed by atoms with Crippen molar-refractivity contribution < 1.29 is 19.0 Å². The van der Waals surface area contributed by atoms with Gasteiger partial charge in [0.15, 0.2) is 0 Å².